The number of nitro benzene ring substituents is 1. The van der Waals surface area contributed by atoms with E-state index in [4.69, 9.17) is 0 Å². The summed E-state index contributed by atoms with van der Waals surface area (Å²) >= 11 is 0. The van der Waals surface area contributed by atoms with Gasteiger partial charge in [0.15, 0.2) is 0 Å². The molecule has 0 radical (unpaired) electrons. The molecule has 122 valence electrons. The maximum Gasteiger partial charge on any atom is 0.293 e. The second-order valence-corrected chi connectivity index (χ2v) is 7.42. The number of allylic oxidation sites excluding steroid dienone is 2. The molecule has 0 aromatic heterocycles. The topological polar surface area (TPSA) is 80.5 Å². The predicted octanol–water partition coefficient (Wildman–Crippen LogP) is 2.46. The van der Waals surface area contributed by atoms with Gasteiger partial charge in [0.25, 0.3) is 5.69 Å². The maximum atomic E-state index is 13.0. The maximum absolute atomic E-state index is 13.0. The van der Waals surface area contributed by atoms with Crippen LogP contribution in [0.4, 0.5) is 11.4 Å². The van der Waals surface area contributed by atoms with E-state index in [0.717, 1.165) is 16.9 Å². The summed E-state index contributed by atoms with van der Waals surface area (Å²) in [6.45, 7) is 1.75. The molecule has 2 bridgehead atoms. The predicted molar refractivity (Wildman–Crippen MR) is 85.0 cm³/mol. The smallest absolute Gasteiger partial charge is 0.274 e. The van der Waals surface area contributed by atoms with Crippen LogP contribution in [0.2, 0.25) is 0 Å². The number of imide groups is 1. The third-order valence-corrected chi connectivity index (χ3v) is 6.23. The summed E-state index contributed by atoms with van der Waals surface area (Å²) in [5, 5.41) is 11.4. The largest absolute Gasteiger partial charge is 0.293 e. The van der Waals surface area contributed by atoms with Crippen LogP contribution in [0.25, 0.3) is 0 Å². The number of anilines is 1. The highest BCUT2D eigenvalue weighted by Gasteiger charge is 2.67. The number of carbonyl (C=O) groups is 2. The van der Waals surface area contributed by atoms with Crippen LogP contribution in [-0.2, 0) is 9.59 Å². The third-order valence-electron chi connectivity index (χ3n) is 6.23. The van der Waals surface area contributed by atoms with Crippen molar-refractivity contribution in [2.24, 2.45) is 35.5 Å². The molecule has 1 aliphatic heterocycles. The first-order valence-electron chi connectivity index (χ1n) is 8.30. The van der Waals surface area contributed by atoms with E-state index < -0.39 is 4.92 Å². The van der Waals surface area contributed by atoms with E-state index in [1.165, 1.54) is 12.1 Å². The minimum Gasteiger partial charge on any atom is -0.274 e. The van der Waals surface area contributed by atoms with Crippen LogP contribution in [0.5, 0.6) is 0 Å². The fraction of sp³-hybridized carbons (Fsp3) is 0.444. The van der Waals surface area contributed by atoms with Gasteiger partial charge in [-0.05, 0) is 48.6 Å². The number of hydrogen-bond donors (Lipinski definition) is 0. The zero-order valence-corrected chi connectivity index (χ0v) is 13.1. The fourth-order valence-electron chi connectivity index (χ4n) is 5.16. The van der Waals surface area contributed by atoms with E-state index in [2.05, 4.69) is 12.2 Å². The van der Waals surface area contributed by atoms with Crippen LogP contribution < -0.4 is 4.90 Å². The molecule has 2 amide bonds. The van der Waals surface area contributed by atoms with Gasteiger partial charge in [0.2, 0.25) is 11.8 Å². The molecule has 1 aromatic carbocycles. The highest BCUT2D eigenvalue weighted by molar-refractivity contribution is 6.23. The second kappa shape index (κ2) is 4.32. The third kappa shape index (κ3) is 1.56. The summed E-state index contributed by atoms with van der Waals surface area (Å²) in [5.41, 5.74) is 0.661. The van der Waals surface area contributed by atoms with Crippen molar-refractivity contribution < 1.29 is 14.5 Å². The molecule has 1 saturated heterocycles. The first-order chi connectivity index (χ1) is 11.5. The monoisotopic (exact) mass is 324 g/mol. The number of hydrogen-bond acceptors (Lipinski definition) is 4. The number of aryl methyl sites for hydroxylation is 1. The molecule has 1 aromatic rings. The van der Waals surface area contributed by atoms with E-state index in [1.54, 1.807) is 13.0 Å². The van der Waals surface area contributed by atoms with Crippen LogP contribution in [0.1, 0.15) is 12.0 Å². The highest BCUT2D eigenvalue weighted by atomic mass is 16.6. The minimum absolute atomic E-state index is 0.114. The van der Waals surface area contributed by atoms with Crippen molar-refractivity contribution >= 4 is 23.2 Å². The minimum atomic E-state index is -0.519. The van der Waals surface area contributed by atoms with Gasteiger partial charge in [-0.25, -0.2) is 4.90 Å². The van der Waals surface area contributed by atoms with Crippen LogP contribution in [-0.4, -0.2) is 16.7 Å². The van der Waals surface area contributed by atoms with Crippen molar-refractivity contribution in [1.29, 1.82) is 0 Å². The zero-order chi connectivity index (χ0) is 16.7. The molecule has 6 heteroatoms. The summed E-state index contributed by atoms with van der Waals surface area (Å²) in [6.07, 6.45) is 5.29. The van der Waals surface area contributed by atoms with Gasteiger partial charge in [0, 0.05) is 6.07 Å². The summed E-state index contributed by atoms with van der Waals surface area (Å²) in [7, 11) is 0. The van der Waals surface area contributed by atoms with Crippen molar-refractivity contribution in [2.75, 3.05) is 4.90 Å². The molecule has 4 aliphatic carbocycles. The summed E-state index contributed by atoms with van der Waals surface area (Å²) in [6, 6.07) is 4.65. The van der Waals surface area contributed by atoms with E-state index in [9.17, 15) is 19.7 Å². The molecule has 2 saturated carbocycles. The lowest BCUT2D eigenvalue weighted by molar-refractivity contribution is -0.384. The van der Waals surface area contributed by atoms with Gasteiger partial charge in [-0.1, -0.05) is 18.2 Å². The summed E-state index contributed by atoms with van der Waals surface area (Å²) in [4.78, 5) is 38.0. The molecule has 0 N–H and O–H groups in total. The normalized spacial score (nSPS) is 38.3. The van der Waals surface area contributed by atoms with Gasteiger partial charge in [-0.15, -0.1) is 0 Å². The van der Waals surface area contributed by atoms with Gasteiger partial charge < -0.3 is 0 Å². The molecule has 24 heavy (non-hydrogen) atoms. The Hall–Kier alpha value is -2.50. The van der Waals surface area contributed by atoms with Crippen LogP contribution in [0, 0.1) is 52.5 Å². The lowest BCUT2D eigenvalue weighted by Crippen LogP contribution is -2.40. The van der Waals surface area contributed by atoms with Crippen molar-refractivity contribution in [2.45, 2.75) is 13.3 Å². The molecule has 6 nitrogen and oxygen atoms in total. The molecule has 3 fully saturated rings. The van der Waals surface area contributed by atoms with Crippen molar-refractivity contribution in [1.82, 2.24) is 0 Å². The van der Waals surface area contributed by atoms with Gasteiger partial charge in [0.05, 0.1) is 16.8 Å². The average molecular weight is 324 g/mol. The Kier molecular flexibility index (Phi) is 2.50. The second-order valence-electron chi connectivity index (χ2n) is 7.42. The fourth-order valence-corrected chi connectivity index (χ4v) is 5.16. The molecule has 6 rings (SSSR count). The molecule has 0 unspecified atom stereocenters. The first-order valence-corrected chi connectivity index (χ1v) is 8.30. The van der Waals surface area contributed by atoms with Gasteiger partial charge >= 0.3 is 0 Å². The van der Waals surface area contributed by atoms with Gasteiger partial charge in [-0.3, -0.25) is 19.7 Å². The highest BCUT2D eigenvalue weighted by Crippen LogP contribution is 2.65. The van der Waals surface area contributed by atoms with Crippen molar-refractivity contribution in [3.63, 3.8) is 0 Å². The number of amides is 2. The van der Waals surface area contributed by atoms with Crippen molar-refractivity contribution in [3.8, 4) is 0 Å². The lowest BCUT2D eigenvalue weighted by atomic mass is 9.63. The Morgan fingerprint density at radius 2 is 1.67 bits per heavy atom. The van der Waals surface area contributed by atoms with E-state index in [0.29, 0.717) is 11.8 Å². The molecular formula is C18H16N2O4. The number of rotatable bonds is 2. The summed E-state index contributed by atoms with van der Waals surface area (Å²) < 4.78 is 0. The first kappa shape index (κ1) is 13.9. The van der Waals surface area contributed by atoms with Crippen molar-refractivity contribution in [3.05, 3.63) is 46.0 Å². The Morgan fingerprint density at radius 1 is 1.08 bits per heavy atom. The Morgan fingerprint density at radius 3 is 2.21 bits per heavy atom. The standard InChI is InChI=1S/C18H16N2O4/c1-8-2-5-13(14(6-8)20(23)24)19-17(21)15-9-3-4-10(12-7-11(9)12)16(15)18(19)22/h2-6,9-12,15-16H,7H2,1H3/t9-,10-,11-,12-,15+,16+/m1/s1. The van der Waals surface area contributed by atoms with Crippen LogP contribution in [0.15, 0.2) is 30.4 Å². The van der Waals surface area contributed by atoms with Gasteiger partial charge in [0.1, 0.15) is 5.69 Å². The SMILES string of the molecule is Cc1ccc(N2C(=O)[C@H]3[C@@H]4C=C[C@H]([C@H]5C[C@H]45)[C@@H]3C2=O)c([N+](=O)[O-])c1. The number of nitrogens with zero attached hydrogens (tertiary/aromatic N) is 2. The summed E-state index contributed by atoms with van der Waals surface area (Å²) in [5.74, 6) is 0.0847. The van der Waals surface area contributed by atoms with E-state index in [1.807, 2.05) is 0 Å². The molecule has 1 heterocycles. The molecule has 6 atom stereocenters. The van der Waals surface area contributed by atoms with Crippen LogP contribution in [0.3, 0.4) is 0 Å². The van der Waals surface area contributed by atoms with Gasteiger partial charge in [-0.2, -0.15) is 0 Å². The number of nitro groups is 1. The Labute approximate surface area is 138 Å². The lowest BCUT2D eigenvalue weighted by Gasteiger charge is -2.37. The Balaban J connectivity index is 1.61. The number of carbonyl (C=O) groups excluding carboxylic acids is 2. The number of benzene rings is 1. The molecular weight excluding hydrogens is 308 g/mol. The average Bonchev–Trinajstić information content (AvgIpc) is 3.33. The van der Waals surface area contributed by atoms with Crippen LogP contribution >= 0.6 is 0 Å². The molecule has 5 aliphatic rings. The van der Waals surface area contributed by atoms with E-state index >= 15 is 0 Å². The van der Waals surface area contributed by atoms with E-state index in [-0.39, 0.29) is 46.9 Å². The molecule has 0 spiro atoms. The zero-order valence-electron chi connectivity index (χ0n) is 13.1. The Bertz CT molecular complexity index is 809. The quantitative estimate of drug-likeness (QED) is 0.362.